The molecule has 12 heteroatoms. The zero-order chi connectivity index (χ0) is 35.8. The average molecular weight is 684 g/mol. The molecule has 5 atom stereocenters. The molecule has 2 fully saturated rings. The van der Waals surface area contributed by atoms with Crippen molar-refractivity contribution < 1.29 is 33.7 Å². The molecule has 3 aliphatic rings. The predicted octanol–water partition coefficient (Wildman–Crippen LogP) is 3.88. The molecule has 5 rings (SSSR count). The molecule has 270 valence electrons. The summed E-state index contributed by atoms with van der Waals surface area (Å²) in [5, 5.41) is 20.6. The molecular weight excluding hydrogens is 629 g/mol. The molecule has 4 heterocycles. The van der Waals surface area contributed by atoms with Crippen LogP contribution in [0.2, 0.25) is 0 Å². The fraction of sp³-hybridized carbons (Fsp3) is 0.649. The van der Waals surface area contributed by atoms with Crippen molar-refractivity contribution in [1.82, 2.24) is 19.7 Å². The Kier molecular flexibility index (Phi) is 11.1. The van der Waals surface area contributed by atoms with E-state index in [1.165, 1.54) is 12.1 Å². The topological polar surface area (TPSA) is 119 Å². The Balaban J connectivity index is 1.44. The first-order chi connectivity index (χ1) is 23.0. The smallest absolute Gasteiger partial charge is 0.410 e. The molecule has 2 amide bonds. The van der Waals surface area contributed by atoms with Crippen LogP contribution >= 0.6 is 0 Å². The predicted molar refractivity (Wildman–Crippen MR) is 185 cm³/mol. The summed E-state index contributed by atoms with van der Waals surface area (Å²) in [5.41, 5.74) is 2.05. The summed E-state index contributed by atoms with van der Waals surface area (Å²) >= 11 is 0. The van der Waals surface area contributed by atoms with Crippen molar-refractivity contribution in [3.05, 3.63) is 58.7 Å². The van der Waals surface area contributed by atoms with Crippen molar-refractivity contribution in [2.45, 2.75) is 103 Å². The van der Waals surface area contributed by atoms with Crippen molar-refractivity contribution in [2.24, 2.45) is 0 Å². The lowest BCUT2D eigenvalue weighted by Crippen LogP contribution is -2.65. The molecule has 2 aromatic rings. The quantitative estimate of drug-likeness (QED) is 0.428. The summed E-state index contributed by atoms with van der Waals surface area (Å²) in [4.78, 5) is 40.8. The number of benzene rings is 1. The van der Waals surface area contributed by atoms with Crippen LogP contribution in [-0.4, -0.2) is 124 Å². The second-order valence-corrected chi connectivity index (χ2v) is 15.8. The number of carbonyl (C=O) groups excluding carboxylic acids is 2. The molecule has 2 N–H and O–H groups in total. The Morgan fingerprint density at radius 1 is 1.08 bits per heavy atom. The van der Waals surface area contributed by atoms with E-state index in [-0.39, 0.29) is 48.5 Å². The molecule has 1 aromatic carbocycles. The first kappa shape index (κ1) is 37.1. The number of amides is 2. The first-order valence-electron chi connectivity index (χ1n) is 17.4. The second-order valence-electron chi connectivity index (χ2n) is 15.8. The van der Waals surface area contributed by atoms with Crippen LogP contribution in [-0.2, 0) is 26.1 Å². The highest BCUT2D eigenvalue weighted by Crippen LogP contribution is 2.42. The number of aromatic nitrogens is 1. The van der Waals surface area contributed by atoms with Crippen LogP contribution in [0, 0.1) is 5.82 Å². The van der Waals surface area contributed by atoms with Crippen LogP contribution < -0.4 is 4.90 Å². The molecule has 0 radical (unpaired) electrons. The minimum atomic E-state index is -1.20. The number of hydrogen-bond donors (Lipinski definition) is 2. The molecular formula is C37H54FN5O6. The average Bonchev–Trinajstić information content (AvgIpc) is 3.28. The molecule has 0 spiro atoms. The van der Waals surface area contributed by atoms with Crippen LogP contribution in [0.15, 0.2) is 30.3 Å². The molecule has 2 saturated heterocycles. The van der Waals surface area contributed by atoms with E-state index in [1.54, 1.807) is 21.9 Å². The lowest BCUT2D eigenvalue weighted by molar-refractivity contribution is -0.122. The van der Waals surface area contributed by atoms with Gasteiger partial charge in [-0.05, 0) is 77.3 Å². The van der Waals surface area contributed by atoms with Gasteiger partial charge in [0.15, 0.2) is 0 Å². The largest absolute Gasteiger partial charge is 0.444 e. The van der Waals surface area contributed by atoms with Gasteiger partial charge in [-0.1, -0.05) is 26.0 Å². The van der Waals surface area contributed by atoms with Gasteiger partial charge in [0.2, 0.25) is 5.91 Å². The minimum absolute atomic E-state index is 0.0807. The number of rotatable bonds is 8. The fourth-order valence-electron chi connectivity index (χ4n) is 7.33. The molecule has 11 nitrogen and oxygen atoms in total. The van der Waals surface area contributed by atoms with Crippen LogP contribution in [0.25, 0.3) is 0 Å². The normalized spacial score (nSPS) is 25.3. The molecule has 0 saturated carbocycles. The van der Waals surface area contributed by atoms with Gasteiger partial charge in [0.25, 0.3) is 0 Å². The van der Waals surface area contributed by atoms with Crippen molar-refractivity contribution in [3.8, 4) is 0 Å². The van der Waals surface area contributed by atoms with Gasteiger partial charge in [0, 0.05) is 55.8 Å². The van der Waals surface area contributed by atoms with Gasteiger partial charge >= 0.3 is 6.09 Å². The number of anilines is 1. The van der Waals surface area contributed by atoms with Gasteiger partial charge in [-0.25, -0.2) is 9.18 Å². The number of fused-ring (bicyclic) bond motifs is 1. The summed E-state index contributed by atoms with van der Waals surface area (Å²) < 4.78 is 25.2. The Morgan fingerprint density at radius 2 is 1.73 bits per heavy atom. The van der Waals surface area contributed by atoms with Crippen molar-refractivity contribution in [3.63, 3.8) is 0 Å². The zero-order valence-electron chi connectivity index (χ0n) is 30.3. The lowest BCUT2D eigenvalue weighted by Gasteiger charge is -2.48. The van der Waals surface area contributed by atoms with E-state index in [2.05, 4.69) is 23.6 Å². The van der Waals surface area contributed by atoms with E-state index in [0.29, 0.717) is 68.5 Å². The highest BCUT2D eigenvalue weighted by Gasteiger charge is 2.44. The standard InChI is InChI=1S/C37H54FN5O6/c1-23-15-40(29(16-41-24(2)20-48-21-25(41)3)17-42(23)35(47)49-36(4,5)6)18-32(46)43-22-37(7,8)34-30(43)14-27(33(39-34)31(45)19-44)13-26-9-11-28(38)12-10-26/h9-12,14,23-25,29,31,44-45H,13,15-22H2,1-8H3/t23-,24-,25-,29+,31+/m1/s1. The SMILES string of the molecule is C[C@@H]1CN(CC(=O)N2CC(C)(C)c3nc([C@@H](O)CO)c(Cc4ccc(F)cc4)cc32)[C@@H](CN2[C@H](C)COC[C@H]2C)CN1C(=O)OC(C)(C)C. The third-order valence-corrected chi connectivity index (χ3v) is 9.89. The maximum Gasteiger partial charge on any atom is 0.410 e. The zero-order valence-corrected chi connectivity index (χ0v) is 30.3. The molecule has 0 aliphatic carbocycles. The van der Waals surface area contributed by atoms with E-state index in [0.717, 1.165) is 5.56 Å². The number of aliphatic hydroxyl groups excluding tert-OH is 2. The summed E-state index contributed by atoms with van der Waals surface area (Å²) in [6.45, 7) is 18.8. The maximum atomic E-state index is 14.4. The number of piperazine rings is 1. The number of ether oxygens (including phenoxy) is 2. The van der Waals surface area contributed by atoms with Gasteiger partial charge in [-0.15, -0.1) is 0 Å². The third kappa shape index (κ3) is 8.42. The van der Waals surface area contributed by atoms with Crippen LogP contribution in [0.3, 0.4) is 0 Å². The molecule has 3 aliphatic heterocycles. The Bertz CT molecular complexity index is 1490. The van der Waals surface area contributed by atoms with E-state index in [9.17, 15) is 24.2 Å². The van der Waals surface area contributed by atoms with Gasteiger partial charge < -0.3 is 29.5 Å². The highest BCUT2D eigenvalue weighted by molar-refractivity contribution is 5.97. The Morgan fingerprint density at radius 3 is 2.35 bits per heavy atom. The molecule has 49 heavy (non-hydrogen) atoms. The van der Waals surface area contributed by atoms with Gasteiger partial charge in [-0.2, -0.15) is 0 Å². The molecule has 0 unspecified atom stereocenters. The molecule has 1 aromatic heterocycles. The number of hydrogen-bond acceptors (Lipinski definition) is 9. The van der Waals surface area contributed by atoms with Crippen molar-refractivity contribution >= 4 is 17.7 Å². The lowest BCUT2D eigenvalue weighted by atomic mass is 9.90. The summed E-state index contributed by atoms with van der Waals surface area (Å²) in [6.07, 6.45) is -1.21. The minimum Gasteiger partial charge on any atom is -0.444 e. The van der Waals surface area contributed by atoms with E-state index in [1.807, 2.05) is 47.6 Å². The number of morpholine rings is 1. The fourth-order valence-corrected chi connectivity index (χ4v) is 7.33. The summed E-state index contributed by atoms with van der Waals surface area (Å²) in [7, 11) is 0. The monoisotopic (exact) mass is 683 g/mol. The number of nitrogens with zero attached hydrogens (tertiary/aromatic N) is 5. The number of carbonyl (C=O) groups is 2. The second kappa shape index (κ2) is 14.6. The van der Waals surface area contributed by atoms with Gasteiger partial charge in [0.05, 0.1) is 43.4 Å². The van der Waals surface area contributed by atoms with Crippen LogP contribution in [0.4, 0.5) is 14.9 Å². The van der Waals surface area contributed by atoms with Gasteiger partial charge in [-0.3, -0.25) is 19.6 Å². The Labute approximate surface area is 290 Å². The van der Waals surface area contributed by atoms with E-state index in [4.69, 9.17) is 14.5 Å². The van der Waals surface area contributed by atoms with Gasteiger partial charge in [0.1, 0.15) is 17.5 Å². The number of pyridine rings is 1. The van der Waals surface area contributed by atoms with Crippen LogP contribution in [0.5, 0.6) is 0 Å². The maximum absolute atomic E-state index is 14.4. The third-order valence-electron chi connectivity index (χ3n) is 9.89. The van der Waals surface area contributed by atoms with Crippen molar-refractivity contribution in [1.29, 1.82) is 0 Å². The number of halogens is 1. The molecule has 0 bridgehead atoms. The van der Waals surface area contributed by atoms with Crippen molar-refractivity contribution in [2.75, 3.05) is 57.4 Å². The first-order valence-corrected chi connectivity index (χ1v) is 17.4. The van der Waals surface area contributed by atoms with E-state index >= 15 is 0 Å². The van der Waals surface area contributed by atoms with E-state index < -0.39 is 23.7 Å². The summed E-state index contributed by atoms with van der Waals surface area (Å²) in [5.74, 6) is -0.426. The van der Waals surface area contributed by atoms with Crippen LogP contribution in [0.1, 0.15) is 84.0 Å². The summed E-state index contributed by atoms with van der Waals surface area (Å²) in [6, 6.07) is 8.10. The highest BCUT2D eigenvalue weighted by atomic mass is 19.1. The number of aliphatic hydroxyl groups is 2. The Hall–Kier alpha value is -3.16.